The standard InChI is InChI=1S/C26H23F3N4O3S2/c1-16(2)20-5-3-4-6-22(20)31-25(34)33-38-30-14-17-7-12-21-23(32-37-24(21)13-17)15-35-18-8-10-19(11-9-18)36-26(27,28)29/h3-14,16H,15H2,1-2H3,(H2,31,33,34). The fraction of sp³-hybridized carbons (Fsp3) is 0.192. The molecule has 0 spiro atoms. The molecule has 0 saturated carbocycles. The van der Waals surface area contributed by atoms with Crippen molar-refractivity contribution in [1.29, 1.82) is 0 Å². The topological polar surface area (TPSA) is 84.8 Å². The van der Waals surface area contributed by atoms with Crippen LogP contribution in [0.4, 0.5) is 23.7 Å². The van der Waals surface area contributed by atoms with Crippen molar-refractivity contribution in [3.05, 3.63) is 83.6 Å². The molecule has 1 aromatic heterocycles. The van der Waals surface area contributed by atoms with Crippen LogP contribution >= 0.6 is 23.7 Å². The van der Waals surface area contributed by atoms with Crippen LogP contribution in [0.15, 0.2) is 71.1 Å². The molecule has 0 unspecified atom stereocenters. The molecule has 7 nitrogen and oxygen atoms in total. The molecular formula is C26H23F3N4O3S2. The summed E-state index contributed by atoms with van der Waals surface area (Å²) < 4.78 is 58.6. The van der Waals surface area contributed by atoms with Gasteiger partial charge in [-0.1, -0.05) is 44.2 Å². The second-order valence-electron chi connectivity index (χ2n) is 8.32. The van der Waals surface area contributed by atoms with Crippen molar-refractivity contribution in [1.82, 2.24) is 9.10 Å². The molecule has 2 amide bonds. The minimum Gasteiger partial charge on any atom is -0.487 e. The maximum atomic E-state index is 12.3. The smallest absolute Gasteiger partial charge is 0.487 e. The van der Waals surface area contributed by atoms with Gasteiger partial charge < -0.3 is 14.8 Å². The summed E-state index contributed by atoms with van der Waals surface area (Å²) in [6.45, 7) is 4.28. The number of aromatic nitrogens is 1. The third-order valence-electron chi connectivity index (χ3n) is 5.23. The fourth-order valence-electron chi connectivity index (χ4n) is 3.50. The SMILES string of the molecule is CC(C)c1ccccc1NC(=O)NSN=Cc1ccc2c(COc3ccc(OC(F)(F)F)cc3)nsc2c1. The van der Waals surface area contributed by atoms with Crippen LogP contribution in [0.2, 0.25) is 0 Å². The summed E-state index contributed by atoms with van der Waals surface area (Å²) in [4.78, 5) is 12.2. The molecule has 38 heavy (non-hydrogen) atoms. The zero-order valence-corrected chi connectivity index (χ0v) is 21.9. The fourth-order valence-corrected chi connectivity index (χ4v) is 4.69. The summed E-state index contributed by atoms with van der Waals surface area (Å²) in [6.07, 6.45) is -3.11. The number of fused-ring (bicyclic) bond motifs is 1. The molecule has 0 aliphatic rings. The number of benzene rings is 3. The van der Waals surface area contributed by atoms with E-state index in [1.807, 2.05) is 42.5 Å². The van der Waals surface area contributed by atoms with E-state index in [1.165, 1.54) is 35.8 Å². The number of nitrogens with zero attached hydrogens (tertiary/aromatic N) is 2. The highest BCUT2D eigenvalue weighted by molar-refractivity contribution is 7.96. The number of para-hydroxylation sites is 1. The van der Waals surface area contributed by atoms with E-state index in [1.54, 1.807) is 6.21 Å². The number of alkyl halides is 3. The maximum Gasteiger partial charge on any atom is 0.573 e. The van der Waals surface area contributed by atoms with Gasteiger partial charge in [-0.05, 0) is 65.0 Å². The van der Waals surface area contributed by atoms with Crippen LogP contribution in [-0.4, -0.2) is 23.0 Å². The number of amides is 2. The highest BCUT2D eigenvalue weighted by atomic mass is 32.2. The Labute approximate surface area is 225 Å². The van der Waals surface area contributed by atoms with Crippen molar-refractivity contribution in [2.75, 3.05) is 5.32 Å². The molecule has 3 aromatic carbocycles. The molecule has 0 radical (unpaired) electrons. The van der Waals surface area contributed by atoms with Crippen LogP contribution in [0.1, 0.15) is 36.6 Å². The minimum atomic E-state index is -4.74. The lowest BCUT2D eigenvalue weighted by Gasteiger charge is -2.13. The summed E-state index contributed by atoms with van der Waals surface area (Å²) >= 11 is 2.21. The summed E-state index contributed by atoms with van der Waals surface area (Å²) in [7, 11) is 0. The van der Waals surface area contributed by atoms with Crippen LogP contribution in [0.25, 0.3) is 10.1 Å². The number of ether oxygens (including phenoxy) is 2. The molecule has 198 valence electrons. The van der Waals surface area contributed by atoms with Crippen molar-refractivity contribution in [2.24, 2.45) is 4.40 Å². The predicted molar refractivity (Wildman–Crippen MR) is 145 cm³/mol. The van der Waals surface area contributed by atoms with E-state index >= 15 is 0 Å². The Morgan fingerprint density at radius 3 is 2.58 bits per heavy atom. The van der Waals surface area contributed by atoms with E-state index in [9.17, 15) is 18.0 Å². The Morgan fingerprint density at radius 1 is 1.11 bits per heavy atom. The molecule has 4 aromatic rings. The van der Waals surface area contributed by atoms with E-state index in [4.69, 9.17) is 4.74 Å². The van der Waals surface area contributed by atoms with Gasteiger partial charge >= 0.3 is 12.4 Å². The summed E-state index contributed by atoms with van der Waals surface area (Å²) in [5.41, 5.74) is 3.34. The van der Waals surface area contributed by atoms with Crippen LogP contribution in [0, 0.1) is 0 Å². The van der Waals surface area contributed by atoms with Crippen LogP contribution in [0.3, 0.4) is 0 Å². The molecule has 0 atom stereocenters. The minimum absolute atomic E-state index is 0.154. The van der Waals surface area contributed by atoms with Gasteiger partial charge in [-0.25, -0.2) is 9.19 Å². The van der Waals surface area contributed by atoms with Crippen molar-refractivity contribution >= 4 is 51.7 Å². The van der Waals surface area contributed by atoms with Crippen LogP contribution < -0.4 is 19.5 Å². The lowest BCUT2D eigenvalue weighted by atomic mass is 10.0. The Kier molecular flexibility index (Phi) is 8.74. The number of carbonyl (C=O) groups excluding carboxylic acids is 1. The average molecular weight is 561 g/mol. The van der Waals surface area contributed by atoms with Gasteiger partial charge in [0.1, 0.15) is 18.1 Å². The van der Waals surface area contributed by atoms with E-state index in [0.717, 1.165) is 39.0 Å². The molecule has 0 fully saturated rings. The molecular weight excluding hydrogens is 537 g/mol. The highest BCUT2D eigenvalue weighted by Crippen LogP contribution is 2.28. The molecule has 0 aliphatic heterocycles. The van der Waals surface area contributed by atoms with E-state index < -0.39 is 6.36 Å². The largest absolute Gasteiger partial charge is 0.573 e. The van der Waals surface area contributed by atoms with Gasteiger partial charge in [0.2, 0.25) is 0 Å². The number of rotatable bonds is 9. The zero-order valence-electron chi connectivity index (χ0n) is 20.3. The number of carbonyl (C=O) groups is 1. The summed E-state index contributed by atoms with van der Waals surface area (Å²) in [6, 6.07) is 18.1. The van der Waals surface area contributed by atoms with E-state index in [-0.39, 0.29) is 24.3 Å². The first-order chi connectivity index (χ1) is 18.2. The predicted octanol–water partition coefficient (Wildman–Crippen LogP) is 7.70. The molecule has 2 N–H and O–H groups in total. The number of anilines is 1. The second kappa shape index (κ2) is 12.2. The van der Waals surface area contributed by atoms with Gasteiger partial charge in [0.15, 0.2) is 0 Å². The zero-order chi connectivity index (χ0) is 27.1. The number of halogens is 3. The van der Waals surface area contributed by atoms with Crippen molar-refractivity contribution in [3.8, 4) is 11.5 Å². The molecule has 1 heterocycles. The molecule has 0 aliphatic carbocycles. The van der Waals surface area contributed by atoms with E-state index in [0.29, 0.717) is 11.4 Å². The number of nitrogens with one attached hydrogen (secondary N) is 2. The third-order valence-corrected chi connectivity index (χ3v) is 6.56. The molecule has 12 heteroatoms. The Bertz CT molecular complexity index is 1420. The summed E-state index contributed by atoms with van der Waals surface area (Å²) in [5, 5.41) is 3.74. The van der Waals surface area contributed by atoms with Gasteiger partial charge in [0.25, 0.3) is 0 Å². The first-order valence-corrected chi connectivity index (χ1v) is 12.9. The normalized spacial score (nSPS) is 11.7. The molecule has 0 bridgehead atoms. The van der Waals surface area contributed by atoms with Crippen LogP contribution in [-0.2, 0) is 6.61 Å². The van der Waals surface area contributed by atoms with Gasteiger partial charge in [0, 0.05) is 17.3 Å². The van der Waals surface area contributed by atoms with Crippen molar-refractivity contribution < 1.29 is 27.4 Å². The molecule has 0 saturated heterocycles. The lowest BCUT2D eigenvalue weighted by Crippen LogP contribution is -2.23. The third kappa shape index (κ3) is 7.62. The molecule has 4 rings (SSSR count). The van der Waals surface area contributed by atoms with Gasteiger partial charge in [-0.15, -0.1) is 13.2 Å². The van der Waals surface area contributed by atoms with Crippen molar-refractivity contribution in [2.45, 2.75) is 32.7 Å². The summed E-state index contributed by atoms with van der Waals surface area (Å²) in [5.74, 6) is 0.355. The Morgan fingerprint density at radius 2 is 1.84 bits per heavy atom. The second-order valence-corrected chi connectivity index (χ2v) is 9.72. The highest BCUT2D eigenvalue weighted by Gasteiger charge is 2.31. The Hall–Kier alpha value is -3.77. The van der Waals surface area contributed by atoms with E-state index in [2.05, 4.69) is 37.4 Å². The van der Waals surface area contributed by atoms with Gasteiger partial charge in [-0.2, -0.15) is 4.37 Å². The van der Waals surface area contributed by atoms with Crippen molar-refractivity contribution in [3.63, 3.8) is 0 Å². The van der Waals surface area contributed by atoms with Crippen LogP contribution in [0.5, 0.6) is 11.5 Å². The first-order valence-electron chi connectivity index (χ1n) is 11.4. The number of hydrogen-bond donors (Lipinski definition) is 2. The van der Waals surface area contributed by atoms with Gasteiger partial charge in [0.05, 0.1) is 22.5 Å². The first kappa shape index (κ1) is 27.3. The quantitative estimate of drug-likeness (QED) is 0.162. The monoisotopic (exact) mass is 560 g/mol. The lowest BCUT2D eigenvalue weighted by molar-refractivity contribution is -0.274. The number of hydrogen-bond acceptors (Lipinski definition) is 7. The maximum absolute atomic E-state index is 12.3. The Balaban J connectivity index is 1.29. The number of urea groups is 1. The average Bonchev–Trinajstić information content (AvgIpc) is 3.28. The van der Waals surface area contributed by atoms with Gasteiger partial charge in [-0.3, -0.25) is 4.72 Å².